The molecule has 0 aromatic rings. The maximum Gasteiger partial charge on any atom is 0.0704 e. The fraction of sp³-hybridized carbons (Fsp3) is 1.00. The van der Waals surface area contributed by atoms with Crippen LogP contribution in [0.2, 0.25) is 0 Å². The Hall–Kier alpha value is -0.120. The van der Waals surface area contributed by atoms with Gasteiger partial charge in [0.1, 0.15) is 0 Å². The summed E-state index contributed by atoms with van der Waals surface area (Å²) in [7, 11) is 2.02. The molecular weight excluding hydrogens is 202 g/mol. The minimum absolute atomic E-state index is 0.262. The molecule has 1 saturated carbocycles. The largest absolute Gasteiger partial charge is 0.379 e. The molecule has 2 atom stereocenters. The van der Waals surface area contributed by atoms with E-state index in [0.717, 1.165) is 32.7 Å². The van der Waals surface area contributed by atoms with Crippen LogP contribution in [0.15, 0.2) is 0 Å². The Bertz CT molecular complexity index is 194. The molecule has 0 amide bonds. The van der Waals surface area contributed by atoms with Gasteiger partial charge >= 0.3 is 0 Å². The van der Waals surface area contributed by atoms with Crippen molar-refractivity contribution < 1.29 is 9.47 Å². The number of hydrogen-bond donors (Lipinski definition) is 1. The van der Waals surface area contributed by atoms with Crippen LogP contribution in [-0.2, 0) is 9.47 Å². The lowest BCUT2D eigenvalue weighted by Gasteiger charge is -2.51. The fourth-order valence-corrected chi connectivity index (χ4v) is 2.26. The van der Waals surface area contributed by atoms with Crippen LogP contribution in [0, 0.1) is 5.41 Å². The van der Waals surface area contributed by atoms with Crippen LogP contribution in [0.4, 0.5) is 0 Å². The number of rotatable bonds is 8. The Morgan fingerprint density at radius 3 is 2.56 bits per heavy atom. The van der Waals surface area contributed by atoms with Gasteiger partial charge in [-0.25, -0.2) is 0 Å². The summed E-state index contributed by atoms with van der Waals surface area (Å²) >= 11 is 0. The van der Waals surface area contributed by atoms with Gasteiger partial charge < -0.3 is 14.8 Å². The molecule has 0 radical (unpaired) electrons. The van der Waals surface area contributed by atoms with E-state index in [1.165, 1.54) is 6.42 Å². The van der Waals surface area contributed by atoms with Crippen LogP contribution in [0.3, 0.4) is 0 Å². The van der Waals surface area contributed by atoms with Gasteiger partial charge in [-0.3, -0.25) is 0 Å². The SMILES string of the molecule is CCCCOCCOC1CC(NC)C1(C)C. The summed E-state index contributed by atoms with van der Waals surface area (Å²) in [4.78, 5) is 0. The second kappa shape index (κ2) is 6.58. The van der Waals surface area contributed by atoms with Crippen LogP contribution in [0.1, 0.15) is 40.0 Å². The highest BCUT2D eigenvalue weighted by molar-refractivity contribution is 5.02. The molecule has 0 aromatic heterocycles. The zero-order chi connectivity index (χ0) is 12.0. The van der Waals surface area contributed by atoms with E-state index in [4.69, 9.17) is 9.47 Å². The van der Waals surface area contributed by atoms with Gasteiger partial charge in [0.25, 0.3) is 0 Å². The molecule has 0 spiro atoms. The average Bonchev–Trinajstić information content (AvgIpc) is 2.26. The van der Waals surface area contributed by atoms with Gasteiger partial charge in [-0.05, 0) is 19.9 Å². The van der Waals surface area contributed by atoms with Gasteiger partial charge in [0, 0.05) is 18.1 Å². The van der Waals surface area contributed by atoms with Gasteiger partial charge in [-0.2, -0.15) is 0 Å². The molecule has 0 aliphatic heterocycles. The third kappa shape index (κ3) is 3.44. The Morgan fingerprint density at radius 2 is 2.00 bits per heavy atom. The molecule has 0 bridgehead atoms. The van der Waals surface area contributed by atoms with Crippen LogP contribution < -0.4 is 5.32 Å². The maximum atomic E-state index is 5.84. The summed E-state index contributed by atoms with van der Waals surface area (Å²) in [5.41, 5.74) is 0.262. The summed E-state index contributed by atoms with van der Waals surface area (Å²) in [6.07, 6.45) is 3.86. The molecule has 1 N–H and O–H groups in total. The van der Waals surface area contributed by atoms with E-state index in [-0.39, 0.29) is 5.41 Å². The highest BCUT2D eigenvalue weighted by atomic mass is 16.5. The first kappa shape index (κ1) is 13.9. The molecule has 1 fully saturated rings. The third-order valence-corrected chi connectivity index (χ3v) is 3.72. The van der Waals surface area contributed by atoms with Crippen LogP contribution >= 0.6 is 0 Å². The van der Waals surface area contributed by atoms with E-state index < -0.39 is 0 Å². The van der Waals surface area contributed by atoms with Crippen molar-refractivity contribution in [2.75, 3.05) is 26.9 Å². The van der Waals surface area contributed by atoms with E-state index in [0.29, 0.717) is 12.1 Å². The van der Waals surface area contributed by atoms with E-state index in [9.17, 15) is 0 Å². The summed E-state index contributed by atoms with van der Waals surface area (Å²) in [5.74, 6) is 0. The standard InChI is InChI=1S/C13H27NO2/c1-5-6-7-15-8-9-16-12-10-11(14-4)13(12,2)3/h11-12,14H,5-10H2,1-4H3. The minimum Gasteiger partial charge on any atom is -0.379 e. The van der Waals surface area contributed by atoms with Gasteiger partial charge in [0.05, 0.1) is 19.3 Å². The smallest absolute Gasteiger partial charge is 0.0704 e. The lowest BCUT2D eigenvalue weighted by atomic mass is 9.64. The molecule has 2 unspecified atom stereocenters. The summed E-state index contributed by atoms with van der Waals surface area (Å²) in [5, 5.41) is 3.33. The van der Waals surface area contributed by atoms with Gasteiger partial charge in [-0.15, -0.1) is 0 Å². The molecule has 3 heteroatoms. The molecular formula is C13H27NO2. The van der Waals surface area contributed by atoms with Crippen molar-refractivity contribution in [3.63, 3.8) is 0 Å². The summed E-state index contributed by atoms with van der Waals surface area (Å²) in [6, 6.07) is 0.596. The summed E-state index contributed by atoms with van der Waals surface area (Å²) < 4.78 is 11.3. The fourth-order valence-electron chi connectivity index (χ4n) is 2.26. The van der Waals surface area contributed by atoms with Crippen LogP contribution in [-0.4, -0.2) is 39.0 Å². The zero-order valence-corrected chi connectivity index (χ0v) is 11.2. The van der Waals surface area contributed by atoms with Crippen molar-refractivity contribution in [1.29, 1.82) is 0 Å². The molecule has 1 aliphatic rings. The van der Waals surface area contributed by atoms with Crippen LogP contribution in [0.5, 0.6) is 0 Å². The molecule has 1 rings (SSSR count). The highest BCUT2D eigenvalue weighted by Crippen LogP contribution is 2.42. The highest BCUT2D eigenvalue weighted by Gasteiger charge is 2.47. The first-order valence-electron chi connectivity index (χ1n) is 6.49. The Balaban J connectivity index is 2.03. The van der Waals surface area contributed by atoms with Gasteiger partial charge in [0.15, 0.2) is 0 Å². The molecule has 0 saturated heterocycles. The Morgan fingerprint density at radius 1 is 1.25 bits per heavy atom. The van der Waals surface area contributed by atoms with Crippen molar-refractivity contribution in [2.45, 2.75) is 52.2 Å². The predicted octanol–water partition coefficient (Wildman–Crippen LogP) is 2.21. The number of hydrogen-bond acceptors (Lipinski definition) is 3. The van der Waals surface area contributed by atoms with Crippen LogP contribution in [0.25, 0.3) is 0 Å². The van der Waals surface area contributed by atoms with Crippen molar-refractivity contribution >= 4 is 0 Å². The molecule has 0 aromatic carbocycles. The second-order valence-electron chi connectivity index (χ2n) is 5.22. The quantitative estimate of drug-likeness (QED) is 0.647. The first-order valence-corrected chi connectivity index (χ1v) is 6.49. The van der Waals surface area contributed by atoms with E-state index >= 15 is 0 Å². The summed E-state index contributed by atoms with van der Waals surface area (Å²) in [6.45, 7) is 9.04. The van der Waals surface area contributed by atoms with Gasteiger partial charge in [0.2, 0.25) is 0 Å². The van der Waals surface area contributed by atoms with Crippen molar-refractivity contribution in [3.8, 4) is 0 Å². The minimum atomic E-state index is 0.262. The van der Waals surface area contributed by atoms with Crippen molar-refractivity contribution in [1.82, 2.24) is 5.32 Å². The normalized spacial score (nSPS) is 27.8. The maximum absolute atomic E-state index is 5.84. The third-order valence-electron chi connectivity index (χ3n) is 3.72. The van der Waals surface area contributed by atoms with Crippen molar-refractivity contribution in [2.24, 2.45) is 5.41 Å². The second-order valence-corrected chi connectivity index (χ2v) is 5.22. The van der Waals surface area contributed by atoms with Gasteiger partial charge in [-0.1, -0.05) is 27.2 Å². The molecule has 0 heterocycles. The molecule has 16 heavy (non-hydrogen) atoms. The zero-order valence-electron chi connectivity index (χ0n) is 11.2. The molecule has 96 valence electrons. The lowest BCUT2D eigenvalue weighted by molar-refractivity contribution is -0.125. The van der Waals surface area contributed by atoms with E-state index in [2.05, 4.69) is 26.1 Å². The Kier molecular flexibility index (Phi) is 5.73. The van der Waals surface area contributed by atoms with E-state index in [1.807, 2.05) is 7.05 Å². The Labute approximate surface area is 99.9 Å². The van der Waals surface area contributed by atoms with E-state index in [1.54, 1.807) is 0 Å². The first-order chi connectivity index (χ1) is 7.62. The number of unbranched alkanes of at least 4 members (excludes halogenated alkanes) is 1. The predicted molar refractivity (Wildman–Crippen MR) is 66.7 cm³/mol. The molecule has 1 aliphatic carbocycles. The average molecular weight is 229 g/mol. The number of ether oxygens (including phenoxy) is 2. The topological polar surface area (TPSA) is 30.5 Å². The van der Waals surface area contributed by atoms with Crippen molar-refractivity contribution in [3.05, 3.63) is 0 Å². The number of nitrogens with one attached hydrogen (secondary N) is 1. The monoisotopic (exact) mass is 229 g/mol. The lowest BCUT2D eigenvalue weighted by Crippen LogP contribution is -2.60. The molecule has 3 nitrogen and oxygen atoms in total.